The number of alkyl carbamates (subject to hydrolysis) is 1. The molecule has 1 unspecified atom stereocenters. The zero-order valence-electron chi connectivity index (χ0n) is 25.5. The van der Waals surface area contributed by atoms with Crippen LogP contribution in [0.2, 0.25) is 0 Å². The number of amides is 3. The summed E-state index contributed by atoms with van der Waals surface area (Å²) in [5, 5.41) is 16.5. The number of hydrogen-bond acceptors (Lipinski definition) is 8. The van der Waals surface area contributed by atoms with Gasteiger partial charge in [0, 0.05) is 43.7 Å². The van der Waals surface area contributed by atoms with Crippen molar-refractivity contribution in [2.24, 2.45) is 0 Å². The van der Waals surface area contributed by atoms with E-state index in [0.717, 1.165) is 11.1 Å². The summed E-state index contributed by atoms with van der Waals surface area (Å²) < 4.78 is 16.2. The smallest absolute Gasteiger partial charge is 0.411 e. The number of benzene rings is 2. The van der Waals surface area contributed by atoms with Gasteiger partial charge in [-0.1, -0.05) is 60.7 Å². The maximum Gasteiger partial charge on any atom is 0.411 e. The van der Waals surface area contributed by atoms with Crippen molar-refractivity contribution in [3.8, 4) is 0 Å². The van der Waals surface area contributed by atoms with Gasteiger partial charge in [-0.05, 0) is 45.2 Å². The maximum atomic E-state index is 13.3. The Morgan fingerprint density at radius 1 is 1.07 bits per heavy atom. The van der Waals surface area contributed by atoms with E-state index >= 15 is 0 Å². The Labute approximate surface area is 253 Å². The molecule has 4 atom stereocenters. The maximum absolute atomic E-state index is 13.3. The second-order valence-corrected chi connectivity index (χ2v) is 12.3. The van der Waals surface area contributed by atoms with Crippen molar-refractivity contribution < 1.29 is 33.7 Å². The minimum Gasteiger partial charge on any atom is -0.445 e. The normalized spacial score (nSPS) is 23.3. The largest absolute Gasteiger partial charge is 0.445 e. The summed E-state index contributed by atoms with van der Waals surface area (Å²) in [5.74, 6) is -2.25. The molecule has 3 N–H and O–H groups in total. The average Bonchev–Trinajstić information content (AvgIpc) is 3.36. The van der Waals surface area contributed by atoms with Gasteiger partial charge >= 0.3 is 18.2 Å². The molecule has 0 radical (unpaired) electrons. The highest BCUT2D eigenvalue weighted by atomic mass is 16.8. The first-order valence-corrected chi connectivity index (χ1v) is 14.8. The van der Waals surface area contributed by atoms with Gasteiger partial charge in [0.25, 0.3) is 0 Å². The van der Waals surface area contributed by atoms with Crippen LogP contribution in [0.1, 0.15) is 57.6 Å². The van der Waals surface area contributed by atoms with Gasteiger partial charge < -0.3 is 34.9 Å². The second kappa shape index (κ2) is 14.2. The van der Waals surface area contributed by atoms with Crippen LogP contribution >= 0.6 is 0 Å². The molecule has 0 aromatic heterocycles. The molecule has 2 aliphatic rings. The summed E-state index contributed by atoms with van der Waals surface area (Å²) in [6.07, 6.45) is -0.589. The van der Waals surface area contributed by atoms with Crippen molar-refractivity contribution >= 4 is 18.1 Å². The molecule has 2 fully saturated rings. The number of hydrogen-bond donors (Lipinski definition) is 3. The molecule has 2 saturated heterocycles. The van der Waals surface area contributed by atoms with Gasteiger partial charge in [-0.25, -0.2) is 9.59 Å². The molecule has 2 aromatic rings. The zero-order chi connectivity index (χ0) is 31.0. The van der Waals surface area contributed by atoms with Crippen molar-refractivity contribution in [1.29, 1.82) is 0 Å². The molecular formula is C32H44N4O7. The third-order valence-electron chi connectivity index (χ3n) is 7.51. The summed E-state index contributed by atoms with van der Waals surface area (Å²) in [7, 11) is 0. The lowest BCUT2D eigenvalue weighted by atomic mass is 9.98. The third-order valence-corrected chi connectivity index (χ3v) is 7.51. The predicted molar refractivity (Wildman–Crippen MR) is 160 cm³/mol. The van der Waals surface area contributed by atoms with Crippen LogP contribution in [-0.4, -0.2) is 89.4 Å². The average molecular weight is 597 g/mol. The molecule has 0 bridgehead atoms. The number of nitrogens with zero attached hydrogens (tertiary/aromatic N) is 2. The summed E-state index contributed by atoms with van der Waals surface area (Å²) in [6.45, 7) is 9.51. The van der Waals surface area contributed by atoms with Crippen molar-refractivity contribution in [3.05, 3.63) is 71.8 Å². The van der Waals surface area contributed by atoms with Crippen LogP contribution in [0.4, 0.5) is 9.59 Å². The lowest BCUT2D eigenvalue weighted by Crippen LogP contribution is -2.62. The van der Waals surface area contributed by atoms with Crippen LogP contribution in [0.25, 0.3) is 0 Å². The van der Waals surface area contributed by atoms with E-state index in [1.165, 1.54) is 0 Å². The first-order valence-electron chi connectivity index (χ1n) is 14.8. The second-order valence-electron chi connectivity index (χ2n) is 12.3. The van der Waals surface area contributed by atoms with Crippen LogP contribution in [0.3, 0.4) is 0 Å². The highest BCUT2D eigenvalue weighted by molar-refractivity contribution is 5.83. The van der Waals surface area contributed by atoms with Crippen LogP contribution in [0.5, 0.6) is 0 Å². The lowest BCUT2D eigenvalue weighted by molar-refractivity contribution is -0.309. The number of ether oxygens (including phenoxy) is 3. The molecule has 11 nitrogen and oxygen atoms in total. The van der Waals surface area contributed by atoms with Crippen molar-refractivity contribution in [1.82, 2.24) is 20.4 Å². The van der Waals surface area contributed by atoms with E-state index in [0.29, 0.717) is 26.1 Å². The fourth-order valence-electron chi connectivity index (χ4n) is 5.24. The molecule has 234 valence electrons. The van der Waals surface area contributed by atoms with Gasteiger partial charge in [0.2, 0.25) is 5.91 Å². The van der Waals surface area contributed by atoms with Crippen molar-refractivity contribution in [3.63, 3.8) is 0 Å². The van der Waals surface area contributed by atoms with Crippen LogP contribution in [0.15, 0.2) is 60.7 Å². The molecule has 0 aliphatic carbocycles. The van der Waals surface area contributed by atoms with E-state index < -0.39 is 29.7 Å². The monoisotopic (exact) mass is 596 g/mol. The summed E-state index contributed by atoms with van der Waals surface area (Å²) in [6, 6.07) is 18.2. The Balaban J connectivity index is 1.28. The number of aliphatic hydroxyl groups is 1. The quantitative estimate of drug-likeness (QED) is 0.375. The van der Waals surface area contributed by atoms with Gasteiger partial charge in [-0.3, -0.25) is 9.69 Å². The Bertz CT molecular complexity index is 1220. The van der Waals surface area contributed by atoms with Gasteiger partial charge in [-0.15, -0.1) is 0 Å². The summed E-state index contributed by atoms with van der Waals surface area (Å²) in [5.41, 5.74) is 1.45. The SMILES string of the molecule is C[C@@H](CCN1CCN(C(=O)OCc2ccccc2)C[C@H]1C(=O)NC(C)(C)C)NC(=O)O[C@@]1(O)CC(c2ccccc2)CO1. The van der Waals surface area contributed by atoms with Gasteiger partial charge in [-0.2, -0.15) is 0 Å². The van der Waals surface area contributed by atoms with E-state index in [9.17, 15) is 19.5 Å². The predicted octanol–water partition coefficient (Wildman–Crippen LogP) is 3.58. The minimum absolute atomic E-state index is 0.0816. The number of rotatable bonds is 9. The fourth-order valence-corrected chi connectivity index (χ4v) is 5.24. The molecule has 11 heteroatoms. The molecule has 4 rings (SSSR count). The number of carbonyl (C=O) groups excluding carboxylic acids is 3. The number of nitrogens with one attached hydrogen (secondary N) is 2. The van der Waals surface area contributed by atoms with E-state index in [1.54, 1.807) is 4.90 Å². The Morgan fingerprint density at radius 2 is 1.74 bits per heavy atom. The summed E-state index contributed by atoms with van der Waals surface area (Å²) in [4.78, 5) is 42.3. The summed E-state index contributed by atoms with van der Waals surface area (Å²) >= 11 is 0. The number of piperazine rings is 1. The topological polar surface area (TPSA) is 130 Å². The number of carbonyl (C=O) groups is 3. The fraction of sp³-hybridized carbons (Fsp3) is 0.531. The molecule has 2 aliphatic heterocycles. The zero-order valence-corrected chi connectivity index (χ0v) is 25.5. The third kappa shape index (κ3) is 9.67. The van der Waals surface area contributed by atoms with Gasteiger partial charge in [0.05, 0.1) is 13.0 Å². The first-order chi connectivity index (χ1) is 20.4. The van der Waals surface area contributed by atoms with Gasteiger partial charge in [0.1, 0.15) is 12.6 Å². The van der Waals surface area contributed by atoms with Crippen LogP contribution in [-0.2, 0) is 25.6 Å². The van der Waals surface area contributed by atoms with E-state index in [1.807, 2.05) is 93.3 Å². The molecular weight excluding hydrogens is 552 g/mol. The van der Waals surface area contributed by atoms with E-state index in [2.05, 4.69) is 10.6 Å². The Hall–Kier alpha value is -3.67. The Kier molecular flexibility index (Phi) is 10.6. The lowest BCUT2D eigenvalue weighted by Gasteiger charge is -2.41. The molecule has 2 heterocycles. The molecule has 0 saturated carbocycles. The molecule has 43 heavy (non-hydrogen) atoms. The Morgan fingerprint density at radius 3 is 2.42 bits per heavy atom. The molecule has 0 spiro atoms. The van der Waals surface area contributed by atoms with Crippen LogP contribution in [0, 0.1) is 0 Å². The minimum atomic E-state index is -1.99. The van der Waals surface area contributed by atoms with Crippen molar-refractivity contribution in [2.75, 3.05) is 32.8 Å². The van der Waals surface area contributed by atoms with Crippen LogP contribution < -0.4 is 10.6 Å². The molecule has 2 aromatic carbocycles. The highest BCUT2D eigenvalue weighted by Gasteiger charge is 2.43. The highest BCUT2D eigenvalue weighted by Crippen LogP contribution is 2.35. The first kappa shape index (κ1) is 32.2. The molecule has 3 amide bonds. The van der Waals surface area contributed by atoms with Gasteiger partial charge in [0.15, 0.2) is 0 Å². The van der Waals surface area contributed by atoms with E-state index in [4.69, 9.17) is 14.2 Å². The van der Waals surface area contributed by atoms with E-state index in [-0.39, 0.29) is 44.0 Å². The standard InChI is InChI=1S/C32H44N4O7/c1-23(33-29(38)43-32(40)19-26(22-42-32)25-13-9-6-10-14-25)15-16-35-17-18-36(20-27(35)28(37)34-31(2,3)4)30(39)41-21-24-11-7-5-8-12-24/h5-14,23,26-27,40H,15-22H2,1-4H3,(H,33,38)(H,34,37)/t23-,26?,27-,32+/m0/s1. The van der Waals surface area contributed by atoms with Crippen molar-refractivity contribution in [2.45, 2.75) is 76.7 Å².